The summed E-state index contributed by atoms with van der Waals surface area (Å²) in [7, 11) is 0. The summed E-state index contributed by atoms with van der Waals surface area (Å²) in [4.78, 5) is 46.7. The first-order valence-electron chi connectivity index (χ1n) is 18.2. The second kappa shape index (κ2) is 12.0. The van der Waals surface area contributed by atoms with Gasteiger partial charge in [0.2, 0.25) is 0 Å². The van der Waals surface area contributed by atoms with E-state index in [0.717, 1.165) is 64.6 Å². The van der Waals surface area contributed by atoms with E-state index in [-0.39, 0.29) is 47.2 Å². The molecule has 1 aliphatic carbocycles. The third kappa shape index (κ3) is 6.77. The normalized spacial score (nSPS) is 25.5. The van der Waals surface area contributed by atoms with E-state index in [1.807, 2.05) is 63.7 Å². The van der Waals surface area contributed by atoms with Gasteiger partial charge in [-0.15, -0.1) is 0 Å². The number of aromatic nitrogens is 4. The molecular weight excluding hydrogens is 640 g/mol. The molecule has 2 saturated heterocycles. The van der Waals surface area contributed by atoms with Crippen molar-refractivity contribution in [1.29, 1.82) is 0 Å². The number of nitrogens with one attached hydrogen (secondary N) is 2. The zero-order valence-electron chi connectivity index (χ0n) is 31.6. The fourth-order valence-electron chi connectivity index (χ4n) is 7.82. The molecule has 2 aliphatic heterocycles. The molecular formula is C41H52N6O4. The van der Waals surface area contributed by atoms with Crippen LogP contribution in [0.25, 0.3) is 33.6 Å². The number of hydrogen-bond donors (Lipinski definition) is 2. The Hall–Kier alpha value is -4.60. The quantitative estimate of drug-likeness (QED) is 0.215. The van der Waals surface area contributed by atoms with Gasteiger partial charge in [0, 0.05) is 12.1 Å². The molecule has 0 spiro atoms. The molecule has 0 radical (unpaired) electrons. The summed E-state index contributed by atoms with van der Waals surface area (Å²) in [5, 5.41) is 0. The lowest BCUT2D eigenvalue weighted by atomic mass is 9.84. The molecule has 10 heteroatoms. The Kier molecular flexibility index (Phi) is 8.19. The number of aromatic amines is 2. The zero-order valence-corrected chi connectivity index (χ0v) is 31.6. The van der Waals surface area contributed by atoms with Crippen LogP contribution in [0.2, 0.25) is 0 Å². The summed E-state index contributed by atoms with van der Waals surface area (Å²) in [6.45, 7) is 20.1. The van der Waals surface area contributed by atoms with E-state index in [1.54, 1.807) is 0 Å². The van der Waals surface area contributed by atoms with Gasteiger partial charge in [-0.3, -0.25) is 9.80 Å². The molecule has 51 heavy (non-hydrogen) atoms. The first-order valence-corrected chi connectivity index (χ1v) is 18.2. The van der Waals surface area contributed by atoms with Gasteiger partial charge in [-0.25, -0.2) is 19.6 Å². The van der Waals surface area contributed by atoms with E-state index >= 15 is 0 Å². The highest BCUT2D eigenvalue weighted by molar-refractivity contribution is 5.73. The summed E-state index contributed by atoms with van der Waals surface area (Å²) in [6, 6.07) is 16.7. The van der Waals surface area contributed by atoms with Crippen LogP contribution in [-0.2, 0) is 9.47 Å². The lowest BCUT2D eigenvalue weighted by Gasteiger charge is -2.32. The number of carbonyl (C=O) groups excluding carboxylic acids is 2. The number of hydrogen-bond acceptors (Lipinski definition) is 6. The van der Waals surface area contributed by atoms with Crippen molar-refractivity contribution in [3.8, 4) is 33.6 Å². The second-order valence-corrected chi connectivity index (χ2v) is 17.8. The van der Waals surface area contributed by atoms with Gasteiger partial charge in [0.05, 0.1) is 35.9 Å². The summed E-state index contributed by atoms with van der Waals surface area (Å²) in [5.74, 6) is 1.57. The van der Waals surface area contributed by atoms with Crippen LogP contribution >= 0.6 is 0 Å². The summed E-state index contributed by atoms with van der Waals surface area (Å²) in [5.41, 5.74) is 5.00. The molecule has 3 aliphatic rings. The summed E-state index contributed by atoms with van der Waals surface area (Å²) >= 11 is 0. The smallest absolute Gasteiger partial charge is 0.411 e. The third-order valence-corrected chi connectivity index (χ3v) is 11.0. The second-order valence-electron chi connectivity index (χ2n) is 17.8. The summed E-state index contributed by atoms with van der Waals surface area (Å²) in [6.07, 6.45) is 5.81. The minimum atomic E-state index is -0.575. The molecule has 2 N–H and O–H groups in total. The predicted octanol–water partition coefficient (Wildman–Crippen LogP) is 9.69. The average molecular weight is 693 g/mol. The fraction of sp³-hybridized carbons (Fsp3) is 0.512. The molecule has 5 atom stereocenters. The number of piperidine rings is 1. The number of amides is 2. The molecule has 3 fully saturated rings. The number of fused-ring (bicyclic) bond motifs is 1. The SMILES string of the molecule is CC1N(C(=O)OC(C)(C)C)[C@H](c2ncc(-c3ccc(-c4ccc(-c5cnc([C@@H]6C[C@]7(C)C[C@@H]7N6C(=O)OC(C)(C)C)[nH]5)cc4)cc3)[nH]2)CC1(C)C. The van der Waals surface area contributed by atoms with Crippen LogP contribution in [0.1, 0.15) is 112 Å². The molecule has 7 rings (SSSR count). The van der Waals surface area contributed by atoms with E-state index in [4.69, 9.17) is 19.4 Å². The number of rotatable bonds is 5. The van der Waals surface area contributed by atoms with Crippen molar-refractivity contribution in [2.75, 3.05) is 0 Å². The van der Waals surface area contributed by atoms with Gasteiger partial charge in [0.25, 0.3) is 0 Å². The molecule has 0 bridgehead atoms. The Labute approximate surface area is 301 Å². The highest BCUT2D eigenvalue weighted by atomic mass is 16.6. The van der Waals surface area contributed by atoms with Gasteiger partial charge >= 0.3 is 12.2 Å². The first-order chi connectivity index (χ1) is 23.8. The Morgan fingerprint density at radius 3 is 1.53 bits per heavy atom. The number of benzene rings is 2. The number of ether oxygens (including phenoxy) is 2. The minimum absolute atomic E-state index is 0.00259. The number of likely N-dealkylation sites (tertiary alicyclic amines) is 2. The van der Waals surface area contributed by atoms with Crippen LogP contribution in [0.3, 0.4) is 0 Å². The number of imidazole rings is 2. The molecule has 2 aromatic carbocycles. The lowest BCUT2D eigenvalue weighted by Crippen LogP contribution is -2.42. The Balaban J connectivity index is 1.04. The van der Waals surface area contributed by atoms with E-state index in [1.165, 1.54) is 0 Å². The topological polar surface area (TPSA) is 116 Å². The maximum absolute atomic E-state index is 13.3. The number of carbonyl (C=O) groups is 2. The molecule has 4 heterocycles. The van der Waals surface area contributed by atoms with Crippen molar-refractivity contribution < 1.29 is 19.1 Å². The van der Waals surface area contributed by atoms with E-state index in [2.05, 4.69) is 86.2 Å². The predicted molar refractivity (Wildman–Crippen MR) is 198 cm³/mol. The van der Waals surface area contributed by atoms with Crippen LogP contribution in [0.5, 0.6) is 0 Å². The zero-order chi connectivity index (χ0) is 36.7. The fourth-order valence-corrected chi connectivity index (χ4v) is 7.82. The van der Waals surface area contributed by atoms with E-state index in [9.17, 15) is 9.59 Å². The highest BCUT2D eigenvalue weighted by Crippen LogP contribution is 2.63. The maximum atomic E-state index is 13.3. The van der Waals surface area contributed by atoms with Gasteiger partial charge in [-0.2, -0.15) is 0 Å². The molecule has 1 saturated carbocycles. The Morgan fingerprint density at radius 2 is 1.08 bits per heavy atom. The van der Waals surface area contributed by atoms with E-state index < -0.39 is 11.2 Å². The molecule has 2 aromatic heterocycles. The van der Waals surface area contributed by atoms with Gasteiger partial charge in [0.1, 0.15) is 22.9 Å². The van der Waals surface area contributed by atoms with Crippen molar-refractivity contribution in [1.82, 2.24) is 29.7 Å². The molecule has 4 aromatic rings. The maximum Gasteiger partial charge on any atom is 0.411 e. The van der Waals surface area contributed by atoms with Crippen LogP contribution in [0.4, 0.5) is 9.59 Å². The number of nitrogens with zero attached hydrogens (tertiary/aromatic N) is 4. The lowest BCUT2D eigenvalue weighted by molar-refractivity contribution is 0.0116. The molecule has 10 nitrogen and oxygen atoms in total. The monoisotopic (exact) mass is 692 g/mol. The van der Waals surface area contributed by atoms with Crippen molar-refractivity contribution in [2.24, 2.45) is 10.8 Å². The average Bonchev–Trinajstić information content (AvgIpc) is 3.54. The van der Waals surface area contributed by atoms with Crippen molar-refractivity contribution in [3.63, 3.8) is 0 Å². The molecule has 270 valence electrons. The van der Waals surface area contributed by atoms with Crippen LogP contribution in [0, 0.1) is 10.8 Å². The van der Waals surface area contributed by atoms with Crippen LogP contribution in [-0.4, -0.2) is 65.2 Å². The summed E-state index contributed by atoms with van der Waals surface area (Å²) < 4.78 is 11.6. The van der Waals surface area contributed by atoms with Crippen LogP contribution in [0.15, 0.2) is 60.9 Å². The van der Waals surface area contributed by atoms with Crippen molar-refractivity contribution >= 4 is 12.2 Å². The van der Waals surface area contributed by atoms with Gasteiger partial charge in [-0.05, 0) is 101 Å². The van der Waals surface area contributed by atoms with Gasteiger partial charge < -0.3 is 19.4 Å². The molecule has 1 unspecified atom stereocenters. The minimum Gasteiger partial charge on any atom is -0.444 e. The number of H-pyrrole nitrogens is 2. The first kappa shape index (κ1) is 34.8. The third-order valence-electron chi connectivity index (χ3n) is 11.0. The van der Waals surface area contributed by atoms with Gasteiger partial charge in [-0.1, -0.05) is 69.3 Å². The Morgan fingerprint density at radius 1 is 0.667 bits per heavy atom. The standard InChI is InChI=1S/C41H52N6O4/c1-24-40(8,9)19-31(46(24)36(48)50-38(2,3)4)34-42-22-29(44-34)27-15-11-25(12-16-27)26-13-17-28(18-14-26)30-23-43-35(45-30)32-20-41(10)21-33(41)47(32)37(49)51-39(5,6)7/h11-18,22-24,31-33H,19-21H2,1-10H3,(H,42,44)(H,43,45)/t24?,31-,32-,33-,41+/m0/s1. The molecule has 2 amide bonds. The van der Waals surface area contributed by atoms with E-state index in [0.29, 0.717) is 0 Å². The van der Waals surface area contributed by atoms with Gasteiger partial charge in [0.15, 0.2) is 0 Å². The van der Waals surface area contributed by atoms with Crippen molar-refractivity contribution in [3.05, 3.63) is 72.6 Å². The largest absolute Gasteiger partial charge is 0.444 e. The highest BCUT2D eigenvalue weighted by Gasteiger charge is 2.64. The Bertz CT molecular complexity index is 1930. The van der Waals surface area contributed by atoms with Crippen LogP contribution < -0.4 is 0 Å². The van der Waals surface area contributed by atoms with Crippen molar-refractivity contribution in [2.45, 2.75) is 124 Å².